The predicted octanol–water partition coefficient (Wildman–Crippen LogP) is 17.9. The number of carbonyl (C=O) groups is 3. The van der Waals surface area contributed by atoms with Crippen LogP contribution < -0.4 is 0 Å². The zero-order chi connectivity index (χ0) is 45.1. The molecule has 1 atom stereocenters. The highest BCUT2D eigenvalue weighted by molar-refractivity contribution is 5.71. The van der Waals surface area contributed by atoms with Crippen LogP contribution in [0.4, 0.5) is 0 Å². The first-order valence-corrected chi connectivity index (χ1v) is 27.3. The van der Waals surface area contributed by atoms with Crippen molar-refractivity contribution >= 4 is 17.9 Å². The molecule has 0 aliphatic heterocycles. The van der Waals surface area contributed by atoms with Gasteiger partial charge in [0.25, 0.3) is 0 Å². The van der Waals surface area contributed by atoms with Gasteiger partial charge in [-0.2, -0.15) is 0 Å². The van der Waals surface area contributed by atoms with Gasteiger partial charge < -0.3 is 14.2 Å². The van der Waals surface area contributed by atoms with Gasteiger partial charge in [-0.05, 0) is 51.4 Å². The number of rotatable bonds is 50. The second-order valence-electron chi connectivity index (χ2n) is 18.5. The first-order valence-electron chi connectivity index (χ1n) is 27.3. The van der Waals surface area contributed by atoms with E-state index in [4.69, 9.17) is 14.2 Å². The minimum Gasteiger partial charge on any atom is -0.462 e. The largest absolute Gasteiger partial charge is 0.462 e. The molecule has 0 aromatic heterocycles. The quantitative estimate of drug-likeness (QED) is 0.0262. The van der Waals surface area contributed by atoms with Gasteiger partial charge in [0, 0.05) is 19.3 Å². The monoisotopic (exact) mass is 873 g/mol. The number of hydrogen-bond acceptors (Lipinski definition) is 6. The maximum Gasteiger partial charge on any atom is 0.306 e. The van der Waals surface area contributed by atoms with Crippen molar-refractivity contribution < 1.29 is 28.6 Å². The van der Waals surface area contributed by atoms with Gasteiger partial charge in [0.1, 0.15) is 13.2 Å². The number of esters is 3. The Bertz CT molecular complexity index is 1000. The number of hydrogen-bond donors (Lipinski definition) is 0. The van der Waals surface area contributed by atoms with Crippen LogP contribution in [-0.2, 0) is 28.6 Å². The van der Waals surface area contributed by atoms with Gasteiger partial charge in [0.05, 0.1) is 0 Å². The molecular weight excluding hydrogens is 769 g/mol. The molecule has 0 fully saturated rings. The van der Waals surface area contributed by atoms with Crippen molar-refractivity contribution in [2.75, 3.05) is 13.2 Å². The van der Waals surface area contributed by atoms with E-state index in [0.717, 1.165) is 70.6 Å². The number of carbonyl (C=O) groups excluding carboxylic acids is 3. The summed E-state index contributed by atoms with van der Waals surface area (Å²) in [7, 11) is 0. The molecule has 364 valence electrons. The number of allylic oxidation sites excluding steroid dienone is 4. The van der Waals surface area contributed by atoms with Crippen LogP contribution in [0.1, 0.15) is 297 Å². The second kappa shape index (κ2) is 51.5. The molecule has 0 amide bonds. The van der Waals surface area contributed by atoms with Crippen LogP contribution in [0.15, 0.2) is 24.3 Å². The zero-order valence-electron chi connectivity index (χ0n) is 41.7. The molecule has 0 aliphatic rings. The molecule has 0 N–H and O–H groups in total. The number of unbranched alkanes of at least 4 members (excludes halogenated alkanes) is 35. The fraction of sp³-hybridized carbons (Fsp3) is 0.875. The van der Waals surface area contributed by atoms with E-state index >= 15 is 0 Å². The molecule has 0 spiro atoms. The summed E-state index contributed by atoms with van der Waals surface area (Å²) >= 11 is 0. The van der Waals surface area contributed by atoms with Crippen LogP contribution in [0.5, 0.6) is 0 Å². The van der Waals surface area contributed by atoms with Gasteiger partial charge >= 0.3 is 17.9 Å². The Hall–Kier alpha value is -2.11. The lowest BCUT2D eigenvalue weighted by atomic mass is 10.0. The molecular formula is C56H104O6. The van der Waals surface area contributed by atoms with Crippen LogP contribution in [0.25, 0.3) is 0 Å². The minimum atomic E-state index is -0.765. The molecule has 62 heavy (non-hydrogen) atoms. The summed E-state index contributed by atoms with van der Waals surface area (Å²) in [5.74, 6) is -0.872. The minimum absolute atomic E-state index is 0.0698. The molecule has 1 unspecified atom stereocenters. The summed E-state index contributed by atoms with van der Waals surface area (Å²) in [5.41, 5.74) is 0. The van der Waals surface area contributed by atoms with Crippen molar-refractivity contribution in [1.29, 1.82) is 0 Å². The highest BCUT2D eigenvalue weighted by Gasteiger charge is 2.19. The standard InChI is InChI=1S/C56H104O6/c1-4-7-10-13-15-17-19-21-23-25-27-28-29-31-32-34-36-38-40-43-46-49-55(58)61-52-53(51-60-54(57)48-45-42-12-9-6-3)62-56(59)50-47-44-41-39-37-35-33-30-26-24-22-20-18-16-14-11-8-5-2/h19,21,25,27,53H,4-18,20,22-24,26,28-52H2,1-3H3/b21-19-,27-25-. The molecule has 0 radical (unpaired) electrons. The van der Waals surface area contributed by atoms with Crippen molar-refractivity contribution in [2.24, 2.45) is 0 Å². The van der Waals surface area contributed by atoms with Gasteiger partial charge in [-0.1, -0.05) is 251 Å². The molecule has 0 saturated heterocycles. The van der Waals surface area contributed by atoms with Gasteiger partial charge in [-0.3, -0.25) is 14.4 Å². The van der Waals surface area contributed by atoms with E-state index in [9.17, 15) is 14.4 Å². The highest BCUT2D eigenvalue weighted by Crippen LogP contribution is 2.16. The average Bonchev–Trinajstić information content (AvgIpc) is 3.27. The number of ether oxygens (including phenoxy) is 3. The summed E-state index contributed by atoms with van der Waals surface area (Å²) in [6.07, 6.45) is 59.2. The van der Waals surface area contributed by atoms with Gasteiger partial charge in [-0.15, -0.1) is 0 Å². The Balaban J connectivity index is 4.09. The third-order valence-corrected chi connectivity index (χ3v) is 12.2. The molecule has 0 saturated carbocycles. The first kappa shape index (κ1) is 59.9. The lowest BCUT2D eigenvalue weighted by Gasteiger charge is -2.18. The van der Waals surface area contributed by atoms with Crippen LogP contribution in [0.3, 0.4) is 0 Å². The Morgan fingerprint density at radius 2 is 0.581 bits per heavy atom. The zero-order valence-corrected chi connectivity index (χ0v) is 41.7. The lowest BCUT2D eigenvalue weighted by Crippen LogP contribution is -2.30. The average molecular weight is 873 g/mol. The van der Waals surface area contributed by atoms with Crippen molar-refractivity contribution in [3.8, 4) is 0 Å². The van der Waals surface area contributed by atoms with Gasteiger partial charge in [0.2, 0.25) is 0 Å². The summed E-state index contributed by atoms with van der Waals surface area (Å²) in [6, 6.07) is 0. The van der Waals surface area contributed by atoms with Crippen LogP contribution in [0.2, 0.25) is 0 Å². The molecule has 0 heterocycles. The van der Waals surface area contributed by atoms with E-state index in [2.05, 4.69) is 45.1 Å². The van der Waals surface area contributed by atoms with Gasteiger partial charge in [-0.25, -0.2) is 0 Å². The molecule has 0 aromatic rings. The molecule has 0 bridgehead atoms. The Morgan fingerprint density at radius 3 is 0.887 bits per heavy atom. The van der Waals surface area contributed by atoms with E-state index in [-0.39, 0.29) is 31.1 Å². The Labute approximate surface area is 385 Å². The third kappa shape index (κ3) is 48.9. The van der Waals surface area contributed by atoms with Crippen LogP contribution >= 0.6 is 0 Å². The maximum atomic E-state index is 12.8. The topological polar surface area (TPSA) is 78.9 Å². The first-order chi connectivity index (χ1) is 30.5. The Kier molecular flexibility index (Phi) is 49.8. The van der Waals surface area contributed by atoms with Crippen molar-refractivity contribution in [3.63, 3.8) is 0 Å². The maximum absolute atomic E-state index is 12.8. The molecule has 0 aromatic carbocycles. The van der Waals surface area contributed by atoms with E-state index in [1.165, 1.54) is 186 Å². The van der Waals surface area contributed by atoms with Crippen molar-refractivity contribution in [1.82, 2.24) is 0 Å². The Morgan fingerprint density at radius 1 is 0.323 bits per heavy atom. The van der Waals surface area contributed by atoms with E-state index in [0.29, 0.717) is 19.3 Å². The molecule has 6 nitrogen and oxygen atoms in total. The van der Waals surface area contributed by atoms with Crippen molar-refractivity contribution in [3.05, 3.63) is 24.3 Å². The third-order valence-electron chi connectivity index (χ3n) is 12.2. The van der Waals surface area contributed by atoms with Crippen LogP contribution in [0, 0.1) is 0 Å². The predicted molar refractivity (Wildman–Crippen MR) is 266 cm³/mol. The molecule has 0 aliphatic carbocycles. The van der Waals surface area contributed by atoms with Crippen molar-refractivity contribution in [2.45, 2.75) is 303 Å². The van der Waals surface area contributed by atoms with E-state index in [1.54, 1.807) is 0 Å². The SMILES string of the molecule is CCCCCCC/C=C\C/C=C\CCCCCCCCCCCC(=O)OCC(COC(=O)CCCCCCC)OC(=O)CCCCCCCCCCCCCCCCCCCC. The van der Waals surface area contributed by atoms with Gasteiger partial charge in [0.15, 0.2) is 6.10 Å². The highest BCUT2D eigenvalue weighted by atomic mass is 16.6. The molecule has 0 rings (SSSR count). The summed E-state index contributed by atoms with van der Waals surface area (Å²) in [6.45, 7) is 6.58. The smallest absolute Gasteiger partial charge is 0.306 e. The lowest BCUT2D eigenvalue weighted by molar-refractivity contribution is -0.167. The van der Waals surface area contributed by atoms with Crippen LogP contribution in [-0.4, -0.2) is 37.2 Å². The summed E-state index contributed by atoms with van der Waals surface area (Å²) in [5, 5.41) is 0. The fourth-order valence-electron chi connectivity index (χ4n) is 8.06. The fourth-order valence-corrected chi connectivity index (χ4v) is 8.06. The normalized spacial score (nSPS) is 12.1. The van der Waals surface area contributed by atoms with E-state index in [1.807, 2.05) is 0 Å². The second-order valence-corrected chi connectivity index (χ2v) is 18.5. The van der Waals surface area contributed by atoms with E-state index < -0.39 is 6.10 Å². The summed E-state index contributed by atoms with van der Waals surface area (Å²) < 4.78 is 16.7. The molecule has 6 heteroatoms. The summed E-state index contributed by atoms with van der Waals surface area (Å²) in [4.78, 5) is 37.7.